The normalized spacial score (nSPS) is 15.9. The first-order chi connectivity index (χ1) is 36.6. The molecule has 0 radical (unpaired) electrons. The second-order valence-electron chi connectivity index (χ2n) is 20.4. The molecule has 14 heteroatoms. The lowest BCUT2D eigenvalue weighted by molar-refractivity contribution is -0.123. The van der Waals surface area contributed by atoms with Crippen LogP contribution in [0.15, 0.2) is 192 Å². The van der Waals surface area contributed by atoms with E-state index < -0.39 is 32.1 Å². The molecule has 0 saturated carbocycles. The predicted octanol–water partition coefficient (Wildman–Crippen LogP) is 10.2. The van der Waals surface area contributed by atoms with Gasteiger partial charge in [0.05, 0.1) is 34.0 Å². The van der Waals surface area contributed by atoms with Crippen molar-refractivity contribution < 1.29 is 26.4 Å². The first-order valence-electron chi connectivity index (χ1n) is 25.8. The maximum atomic E-state index is 13.4. The minimum atomic E-state index is -3.87. The van der Waals surface area contributed by atoms with E-state index in [1.807, 2.05) is 121 Å². The third-order valence-electron chi connectivity index (χ3n) is 14.2. The average Bonchev–Trinajstić information content (AvgIpc) is 4.04. The second kappa shape index (κ2) is 23.9. The summed E-state index contributed by atoms with van der Waals surface area (Å²) < 4.78 is 59.3. The highest BCUT2D eigenvalue weighted by atomic mass is 32.2. The maximum Gasteiger partial charge on any atom is 0.241 e. The van der Waals surface area contributed by atoms with Gasteiger partial charge in [0.15, 0.2) is 0 Å². The van der Waals surface area contributed by atoms with Crippen LogP contribution >= 0.6 is 0 Å². The van der Waals surface area contributed by atoms with E-state index in [9.17, 15) is 26.4 Å². The molecule has 4 unspecified atom stereocenters. The Bertz CT molecular complexity index is 3340. The number of hydrogen-bond donors (Lipinski definition) is 4. The summed E-state index contributed by atoms with van der Waals surface area (Å²) in [6.45, 7) is 1.72. The molecule has 0 heterocycles. The summed E-state index contributed by atoms with van der Waals surface area (Å²) in [7, 11) is 0.463. The fourth-order valence-corrected chi connectivity index (χ4v) is 13.1. The van der Waals surface area contributed by atoms with E-state index in [-0.39, 0.29) is 46.5 Å². The van der Waals surface area contributed by atoms with Gasteiger partial charge in [0.25, 0.3) is 0 Å². The van der Waals surface area contributed by atoms with Gasteiger partial charge < -0.3 is 20.4 Å². The standard InChI is InChI=1S/2C31H33N3O3S/c2*1-34(2)21-25-13-8-14-28-27(25)17-18-29(28)32-31(35)20-30(23-10-4-3-5-11-23)33-38(36,37)26-16-15-22-9-6-7-12-24(22)19-26/h2*3-16,19,29-30,33H,17-18,20-21H2,1-2H3,(H,32,35). The van der Waals surface area contributed by atoms with Crippen LogP contribution in [0, 0.1) is 0 Å². The van der Waals surface area contributed by atoms with Crippen LogP contribution in [0.1, 0.15) is 94.4 Å². The molecular weight excluding hydrogens is 989 g/mol. The number of carbonyl (C=O) groups excluding carboxylic acids is 2. The van der Waals surface area contributed by atoms with Gasteiger partial charge in [-0.05, 0) is 144 Å². The van der Waals surface area contributed by atoms with Crippen molar-refractivity contribution in [3.8, 4) is 0 Å². The van der Waals surface area contributed by atoms with Gasteiger partial charge in [-0.2, -0.15) is 0 Å². The van der Waals surface area contributed by atoms with Gasteiger partial charge in [0, 0.05) is 25.9 Å². The van der Waals surface area contributed by atoms with Gasteiger partial charge in [-0.25, -0.2) is 26.3 Å². The molecule has 0 saturated heterocycles. The molecule has 2 aliphatic carbocycles. The SMILES string of the molecule is CN(C)Cc1cccc2c1CCC2NC(=O)CC(NS(=O)(=O)c1ccc2ccccc2c1)c1ccccc1.CN(C)Cc1cccc2c1CCC2NC(=O)CC(NS(=O)(=O)c1ccc2ccccc2c1)c1ccccc1. The Morgan fingerprint density at radius 3 is 1.21 bits per heavy atom. The molecule has 10 rings (SSSR count). The molecular formula is C62H66N6O6S2. The molecule has 4 atom stereocenters. The lowest BCUT2D eigenvalue weighted by Gasteiger charge is -2.21. The number of hydrogen-bond acceptors (Lipinski definition) is 8. The smallest absolute Gasteiger partial charge is 0.241 e. The van der Waals surface area contributed by atoms with Crippen LogP contribution in [-0.2, 0) is 55.6 Å². The van der Waals surface area contributed by atoms with Crippen LogP contribution in [0.2, 0.25) is 0 Å². The lowest BCUT2D eigenvalue weighted by atomic mass is 10.0. The van der Waals surface area contributed by atoms with Gasteiger partial charge in [-0.15, -0.1) is 0 Å². The summed E-state index contributed by atoms with van der Waals surface area (Å²) in [4.78, 5) is 31.2. The quantitative estimate of drug-likeness (QED) is 0.0662. The number of sulfonamides is 2. The first-order valence-corrected chi connectivity index (χ1v) is 28.8. The van der Waals surface area contributed by atoms with Crippen molar-refractivity contribution in [2.24, 2.45) is 0 Å². The zero-order valence-corrected chi connectivity index (χ0v) is 45.1. The van der Waals surface area contributed by atoms with Crippen molar-refractivity contribution in [2.45, 2.75) is 85.6 Å². The third kappa shape index (κ3) is 13.1. The fourth-order valence-electron chi connectivity index (χ4n) is 10.6. The Morgan fingerprint density at radius 1 is 0.461 bits per heavy atom. The van der Waals surface area contributed by atoms with Gasteiger partial charge in [-0.3, -0.25) is 9.59 Å². The van der Waals surface area contributed by atoms with Crippen molar-refractivity contribution in [2.75, 3.05) is 28.2 Å². The Kier molecular flexibility index (Phi) is 16.9. The van der Waals surface area contributed by atoms with E-state index in [0.29, 0.717) is 0 Å². The van der Waals surface area contributed by atoms with Crippen molar-refractivity contribution in [3.63, 3.8) is 0 Å². The van der Waals surface area contributed by atoms with Gasteiger partial charge in [0.2, 0.25) is 31.9 Å². The zero-order chi connectivity index (χ0) is 53.4. The van der Waals surface area contributed by atoms with Crippen molar-refractivity contribution in [3.05, 3.63) is 226 Å². The molecule has 392 valence electrons. The maximum absolute atomic E-state index is 13.4. The van der Waals surface area contributed by atoms with Gasteiger partial charge in [-0.1, -0.05) is 158 Å². The molecule has 2 amide bonds. The summed E-state index contributed by atoms with van der Waals surface area (Å²) in [5.41, 5.74) is 8.99. The van der Waals surface area contributed by atoms with E-state index in [4.69, 9.17) is 0 Å². The number of fused-ring (bicyclic) bond motifs is 4. The molecule has 0 aliphatic heterocycles. The van der Waals surface area contributed by atoms with E-state index in [1.165, 1.54) is 22.3 Å². The highest BCUT2D eigenvalue weighted by Crippen LogP contribution is 2.36. The number of nitrogens with zero attached hydrogens (tertiary/aromatic N) is 2. The van der Waals surface area contributed by atoms with E-state index in [1.54, 1.807) is 36.4 Å². The van der Waals surface area contributed by atoms with Crippen LogP contribution in [0.4, 0.5) is 0 Å². The highest BCUT2D eigenvalue weighted by molar-refractivity contribution is 7.89. The fraction of sp³-hybridized carbons (Fsp3) is 0.258. The second-order valence-corrected chi connectivity index (χ2v) is 23.8. The number of rotatable bonds is 18. The molecule has 76 heavy (non-hydrogen) atoms. The largest absolute Gasteiger partial charge is 0.349 e. The molecule has 0 aromatic heterocycles. The Labute approximate surface area is 447 Å². The summed E-state index contributed by atoms with van der Waals surface area (Å²) in [6, 6.07) is 55.0. The van der Waals surface area contributed by atoms with Crippen molar-refractivity contribution in [1.29, 1.82) is 0 Å². The average molecular weight is 1060 g/mol. The molecule has 0 fully saturated rings. The molecule has 2 aliphatic rings. The van der Waals surface area contributed by atoms with Crippen molar-refractivity contribution in [1.82, 2.24) is 29.9 Å². The van der Waals surface area contributed by atoms with Crippen LogP contribution in [0.3, 0.4) is 0 Å². The number of nitrogens with one attached hydrogen (secondary N) is 4. The topological polar surface area (TPSA) is 157 Å². The molecule has 4 N–H and O–H groups in total. The van der Waals surface area contributed by atoms with Crippen molar-refractivity contribution >= 4 is 53.4 Å². The van der Waals surface area contributed by atoms with E-state index >= 15 is 0 Å². The van der Waals surface area contributed by atoms with Crippen LogP contribution in [-0.4, -0.2) is 66.6 Å². The third-order valence-corrected chi connectivity index (χ3v) is 17.2. The monoisotopic (exact) mass is 1050 g/mol. The minimum absolute atomic E-state index is 0.0000461. The van der Waals surface area contributed by atoms with Crippen LogP contribution in [0.25, 0.3) is 21.5 Å². The zero-order valence-electron chi connectivity index (χ0n) is 43.4. The Morgan fingerprint density at radius 2 is 0.829 bits per heavy atom. The van der Waals surface area contributed by atoms with Crippen LogP contribution in [0.5, 0.6) is 0 Å². The molecule has 8 aromatic carbocycles. The predicted molar refractivity (Wildman–Crippen MR) is 302 cm³/mol. The summed E-state index contributed by atoms with van der Waals surface area (Å²) >= 11 is 0. The van der Waals surface area contributed by atoms with E-state index in [0.717, 1.165) is 82.6 Å². The number of benzene rings is 8. The lowest BCUT2D eigenvalue weighted by Crippen LogP contribution is -2.35. The summed E-state index contributed by atoms with van der Waals surface area (Å²) in [5.74, 6) is -0.369. The molecule has 0 bridgehead atoms. The number of carbonyl (C=O) groups is 2. The van der Waals surface area contributed by atoms with Gasteiger partial charge in [0.1, 0.15) is 0 Å². The minimum Gasteiger partial charge on any atom is -0.349 e. The molecule has 12 nitrogen and oxygen atoms in total. The highest BCUT2D eigenvalue weighted by Gasteiger charge is 2.31. The van der Waals surface area contributed by atoms with Gasteiger partial charge >= 0.3 is 0 Å². The molecule has 8 aromatic rings. The Hall–Kier alpha value is -7.04. The number of amides is 2. The Balaban J connectivity index is 0.000000186. The summed E-state index contributed by atoms with van der Waals surface area (Å²) in [5, 5.41) is 9.98. The molecule has 0 spiro atoms. The van der Waals surface area contributed by atoms with E-state index in [2.05, 4.69) is 82.3 Å². The first kappa shape index (κ1) is 53.8. The summed E-state index contributed by atoms with van der Waals surface area (Å²) in [6.07, 6.45) is 3.51. The van der Waals surface area contributed by atoms with Crippen LogP contribution < -0.4 is 20.1 Å².